The number of fused-ring (bicyclic) bond motifs is 1. The third-order valence-electron chi connectivity index (χ3n) is 7.31. The molecule has 184 valence electrons. The fourth-order valence-electron chi connectivity index (χ4n) is 4.13. The summed E-state index contributed by atoms with van der Waals surface area (Å²) in [6, 6.07) is 13.9. The highest BCUT2D eigenvalue weighted by Crippen LogP contribution is 2.38. The normalized spacial score (nSPS) is 13.3. The van der Waals surface area contributed by atoms with Crippen molar-refractivity contribution in [2.24, 2.45) is 0 Å². The van der Waals surface area contributed by atoms with Gasteiger partial charge in [0.15, 0.2) is 0 Å². The van der Waals surface area contributed by atoms with E-state index < -0.39 is 6.10 Å². The minimum absolute atomic E-state index is 0.00609. The molecule has 1 heterocycles. The molecule has 0 aliphatic rings. The van der Waals surface area contributed by atoms with Gasteiger partial charge in [-0.25, -0.2) is 4.98 Å². The Bertz CT molecular complexity index is 1190. The van der Waals surface area contributed by atoms with Crippen LogP contribution in [0.2, 0.25) is 0 Å². The summed E-state index contributed by atoms with van der Waals surface area (Å²) in [5.41, 5.74) is 3.14. The smallest absolute Gasteiger partial charge is 0.261 e. The van der Waals surface area contributed by atoms with Gasteiger partial charge in [0.25, 0.3) is 5.56 Å². The van der Waals surface area contributed by atoms with E-state index in [1.54, 1.807) is 23.6 Å². The molecule has 3 rings (SSSR count). The number of aliphatic hydroxyl groups excluding tert-OH is 1. The molecule has 0 radical (unpaired) electrons. The van der Waals surface area contributed by atoms with Crippen LogP contribution in [0.25, 0.3) is 10.9 Å². The number of aliphatic hydroxyl groups is 1. The van der Waals surface area contributed by atoms with Gasteiger partial charge in [0.1, 0.15) is 17.7 Å². The molecular formula is C29H40N2O3. The molecule has 3 aromatic rings. The number of benzene rings is 2. The van der Waals surface area contributed by atoms with Crippen LogP contribution in [-0.4, -0.2) is 21.3 Å². The van der Waals surface area contributed by atoms with Gasteiger partial charge in [-0.05, 0) is 60.8 Å². The predicted octanol–water partition coefficient (Wildman–Crippen LogP) is 6.29. The molecule has 5 heteroatoms. The molecule has 2 aromatic carbocycles. The predicted molar refractivity (Wildman–Crippen MR) is 140 cm³/mol. The highest BCUT2D eigenvalue weighted by Gasteiger charge is 2.26. The number of para-hydroxylation sites is 1. The zero-order chi connectivity index (χ0) is 25.1. The Morgan fingerprint density at radius 3 is 2.35 bits per heavy atom. The summed E-state index contributed by atoms with van der Waals surface area (Å²) in [6.45, 7) is 16.0. The van der Waals surface area contributed by atoms with Crippen molar-refractivity contribution in [1.29, 1.82) is 0 Å². The van der Waals surface area contributed by atoms with Gasteiger partial charge in [-0.1, -0.05) is 65.8 Å². The summed E-state index contributed by atoms with van der Waals surface area (Å²) >= 11 is 0. The van der Waals surface area contributed by atoms with E-state index in [-0.39, 0.29) is 16.4 Å². The van der Waals surface area contributed by atoms with Crippen molar-refractivity contribution >= 4 is 10.9 Å². The molecule has 0 amide bonds. The lowest BCUT2D eigenvalue weighted by Gasteiger charge is -2.30. The molecule has 34 heavy (non-hydrogen) atoms. The quantitative estimate of drug-likeness (QED) is 0.358. The van der Waals surface area contributed by atoms with E-state index in [2.05, 4.69) is 64.7 Å². The highest BCUT2D eigenvalue weighted by molar-refractivity contribution is 5.77. The average Bonchev–Trinajstić information content (AvgIpc) is 2.82. The first kappa shape index (κ1) is 26.0. The summed E-state index contributed by atoms with van der Waals surface area (Å²) in [5.74, 6) is 1.30. The van der Waals surface area contributed by atoms with Crippen molar-refractivity contribution in [2.75, 3.05) is 6.61 Å². The first-order valence-electron chi connectivity index (χ1n) is 12.5. The number of rotatable bonds is 10. The van der Waals surface area contributed by atoms with Gasteiger partial charge in [0.2, 0.25) is 0 Å². The number of ether oxygens (including phenoxy) is 1. The van der Waals surface area contributed by atoms with E-state index in [0.717, 1.165) is 18.6 Å². The molecule has 0 aliphatic heterocycles. The van der Waals surface area contributed by atoms with Crippen LogP contribution in [0.4, 0.5) is 0 Å². The van der Waals surface area contributed by atoms with Crippen LogP contribution in [0, 0.1) is 0 Å². The summed E-state index contributed by atoms with van der Waals surface area (Å²) in [5, 5.41) is 10.8. The second-order valence-electron chi connectivity index (χ2n) is 10.5. The number of hydrogen-bond acceptors (Lipinski definition) is 4. The van der Waals surface area contributed by atoms with Gasteiger partial charge >= 0.3 is 0 Å². The lowest BCUT2D eigenvalue weighted by atomic mass is 9.76. The Balaban J connectivity index is 1.82. The maximum absolute atomic E-state index is 13.1. The Kier molecular flexibility index (Phi) is 7.87. The second-order valence-corrected chi connectivity index (χ2v) is 10.5. The first-order chi connectivity index (χ1) is 16.0. The van der Waals surface area contributed by atoms with Crippen molar-refractivity contribution in [2.45, 2.75) is 91.2 Å². The molecular weight excluding hydrogens is 424 g/mol. The van der Waals surface area contributed by atoms with Crippen LogP contribution >= 0.6 is 0 Å². The summed E-state index contributed by atoms with van der Waals surface area (Å²) in [4.78, 5) is 17.6. The Morgan fingerprint density at radius 2 is 1.71 bits per heavy atom. The van der Waals surface area contributed by atoms with E-state index in [1.165, 1.54) is 11.1 Å². The largest absolute Gasteiger partial charge is 0.493 e. The van der Waals surface area contributed by atoms with E-state index in [9.17, 15) is 9.90 Å². The van der Waals surface area contributed by atoms with Gasteiger partial charge in [-0.3, -0.25) is 9.36 Å². The van der Waals surface area contributed by atoms with Crippen molar-refractivity contribution < 1.29 is 9.84 Å². The van der Waals surface area contributed by atoms with Crippen molar-refractivity contribution in [3.63, 3.8) is 0 Å². The van der Waals surface area contributed by atoms with Crippen LogP contribution in [0.15, 0.2) is 47.3 Å². The fourth-order valence-corrected chi connectivity index (χ4v) is 4.13. The van der Waals surface area contributed by atoms with Crippen LogP contribution in [0.5, 0.6) is 5.75 Å². The molecule has 1 atom stereocenters. The van der Waals surface area contributed by atoms with E-state index in [1.807, 2.05) is 12.1 Å². The molecule has 0 fully saturated rings. The molecule has 0 spiro atoms. The summed E-state index contributed by atoms with van der Waals surface area (Å²) in [7, 11) is 0. The highest BCUT2D eigenvalue weighted by atomic mass is 16.5. The van der Waals surface area contributed by atoms with Crippen LogP contribution in [0.1, 0.15) is 90.8 Å². The molecule has 1 aromatic heterocycles. The number of nitrogens with zero attached hydrogens (tertiary/aromatic N) is 2. The number of hydrogen-bond donors (Lipinski definition) is 1. The number of aromatic nitrogens is 2. The first-order valence-corrected chi connectivity index (χ1v) is 12.5. The van der Waals surface area contributed by atoms with Crippen molar-refractivity contribution in [1.82, 2.24) is 9.55 Å². The van der Waals surface area contributed by atoms with Crippen LogP contribution in [0.3, 0.4) is 0 Å². The fraction of sp³-hybridized carbons (Fsp3) is 0.517. The van der Waals surface area contributed by atoms with Gasteiger partial charge in [0, 0.05) is 12.1 Å². The molecule has 0 aliphatic carbocycles. The van der Waals surface area contributed by atoms with Crippen molar-refractivity contribution in [3.05, 3.63) is 69.8 Å². The third kappa shape index (κ3) is 5.35. The Morgan fingerprint density at radius 1 is 1.03 bits per heavy atom. The molecule has 1 unspecified atom stereocenters. The molecule has 0 bridgehead atoms. The van der Waals surface area contributed by atoms with E-state index in [0.29, 0.717) is 36.3 Å². The summed E-state index contributed by atoms with van der Waals surface area (Å²) in [6.07, 6.45) is 1.88. The molecule has 0 saturated heterocycles. The summed E-state index contributed by atoms with van der Waals surface area (Å²) < 4.78 is 7.86. The second kappa shape index (κ2) is 10.3. The minimum Gasteiger partial charge on any atom is -0.493 e. The lowest BCUT2D eigenvalue weighted by Crippen LogP contribution is -2.27. The topological polar surface area (TPSA) is 64.3 Å². The average molecular weight is 465 g/mol. The Labute approximate surface area is 203 Å². The zero-order valence-electron chi connectivity index (χ0n) is 21.8. The van der Waals surface area contributed by atoms with Gasteiger partial charge in [-0.15, -0.1) is 0 Å². The van der Waals surface area contributed by atoms with E-state index >= 15 is 0 Å². The molecule has 1 N–H and O–H groups in total. The third-order valence-corrected chi connectivity index (χ3v) is 7.31. The van der Waals surface area contributed by atoms with Gasteiger partial charge in [-0.2, -0.15) is 0 Å². The Hall–Kier alpha value is -2.66. The van der Waals surface area contributed by atoms with E-state index in [4.69, 9.17) is 4.74 Å². The maximum atomic E-state index is 13.1. The lowest BCUT2D eigenvalue weighted by molar-refractivity contribution is 0.180. The standard InChI is InChI=1S/C29H40N2O3/c1-8-28(4,5)21-15-16-25(23(19-21)29(6,7)9-2)34-18-12-17-31-26(20(3)32)30-24-14-11-10-13-22(24)27(31)33/h10-11,13-16,19-20,32H,8-9,12,17-18H2,1-7H3. The monoisotopic (exact) mass is 464 g/mol. The molecule has 0 saturated carbocycles. The zero-order valence-corrected chi connectivity index (χ0v) is 21.8. The minimum atomic E-state index is -0.829. The van der Waals surface area contributed by atoms with Crippen LogP contribution in [-0.2, 0) is 17.4 Å². The van der Waals surface area contributed by atoms with Crippen LogP contribution < -0.4 is 10.3 Å². The van der Waals surface area contributed by atoms with Crippen molar-refractivity contribution in [3.8, 4) is 5.75 Å². The molecule has 5 nitrogen and oxygen atoms in total. The van der Waals surface area contributed by atoms with Gasteiger partial charge < -0.3 is 9.84 Å². The maximum Gasteiger partial charge on any atom is 0.261 e. The van der Waals surface area contributed by atoms with Gasteiger partial charge in [0.05, 0.1) is 17.5 Å². The SMILES string of the molecule is CCC(C)(C)c1ccc(OCCCn2c(C(C)O)nc3ccccc3c2=O)c(C(C)(C)CC)c1.